The third-order valence-corrected chi connectivity index (χ3v) is 8.18. The van der Waals surface area contributed by atoms with Crippen molar-refractivity contribution < 1.29 is 23.8 Å². The minimum atomic E-state index is -0.411. The van der Waals surface area contributed by atoms with E-state index in [1.165, 1.54) is 29.8 Å². The molecule has 1 amide bonds. The number of aromatic nitrogens is 3. The Kier molecular flexibility index (Phi) is 10.1. The first kappa shape index (κ1) is 29.6. The maximum atomic E-state index is 13.4. The van der Waals surface area contributed by atoms with Crippen molar-refractivity contribution in [3.63, 3.8) is 0 Å². The average Bonchev–Trinajstić information content (AvgIpc) is 3.42. The molecular formula is C30H35FN6O4S. The number of rotatable bonds is 13. The van der Waals surface area contributed by atoms with Crippen molar-refractivity contribution in [1.82, 2.24) is 19.9 Å². The van der Waals surface area contributed by atoms with E-state index in [4.69, 9.17) is 14.6 Å². The minimum Gasteiger partial charge on any atom is -0.493 e. The van der Waals surface area contributed by atoms with E-state index in [2.05, 4.69) is 30.5 Å². The van der Waals surface area contributed by atoms with Gasteiger partial charge in [0.15, 0.2) is 16.6 Å². The fraction of sp³-hybridized carbons (Fsp3) is 0.400. The lowest BCUT2D eigenvalue weighted by atomic mass is 9.94. The minimum absolute atomic E-state index is 0.108. The molecule has 2 aromatic carbocycles. The standard InChI is InChI=1S/C30H35FN6O4S/c1-40-26-16-24-25(17-27(26)41-13-3-9-37-10-6-20(7-11-37)8-12-38)33-19-34-29(24)36-30-32-18-23(42-30)15-28(39)35-22-5-2-4-21(31)14-22/h2,4-5,14,16-20,38H,3,6-13,15H2,1H3,(H,35,39)(H,32,33,34,36). The van der Waals surface area contributed by atoms with Gasteiger partial charge in [0.05, 0.1) is 25.7 Å². The van der Waals surface area contributed by atoms with E-state index in [0.29, 0.717) is 46.2 Å². The highest BCUT2D eigenvalue weighted by Gasteiger charge is 2.19. The fourth-order valence-corrected chi connectivity index (χ4v) is 5.88. The Morgan fingerprint density at radius 3 is 2.81 bits per heavy atom. The molecule has 42 heavy (non-hydrogen) atoms. The molecule has 0 atom stereocenters. The van der Waals surface area contributed by atoms with Gasteiger partial charge >= 0.3 is 0 Å². The number of anilines is 3. The maximum Gasteiger partial charge on any atom is 0.229 e. The lowest BCUT2D eigenvalue weighted by Crippen LogP contribution is -2.35. The fourth-order valence-electron chi connectivity index (χ4n) is 5.07. The molecule has 0 radical (unpaired) electrons. The summed E-state index contributed by atoms with van der Waals surface area (Å²) in [6.45, 7) is 3.95. The molecule has 0 bridgehead atoms. The molecule has 5 rings (SSSR count). The molecule has 10 nitrogen and oxygen atoms in total. The molecule has 0 saturated carbocycles. The number of hydrogen-bond donors (Lipinski definition) is 3. The third kappa shape index (κ3) is 7.90. The Bertz CT molecular complexity index is 1490. The van der Waals surface area contributed by atoms with Gasteiger partial charge in [0, 0.05) is 41.4 Å². The summed E-state index contributed by atoms with van der Waals surface area (Å²) in [5, 5.41) is 16.4. The van der Waals surface area contributed by atoms with Crippen LogP contribution in [0.2, 0.25) is 0 Å². The highest BCUT2D eigenvalue weighted by atomic mass is 32.1. The largest absolute Gasteiger partial charge is 0.493 e. The monoisotopic (exact) mass is 594 g/mol. The molecule has 0 spiro atoms. The lowest BCUT2D eigenvalue weighted by Gasteiger charge is -2.31. The van der Waals surface area contributed by atoms with Crippen LogP contribution < -0.4 is 20.1 Å². The van der Waals surface area contributed by atoms with Crippen LogP contribution in [-0.4, -0.2) is 70.8 Å². The second kappa shape index (κ2) is 14.3. The predicted molar refractivity (Wildman–Crippen MR) is 161 cm³/mol. The van der Waals surface area contributed by atoms with E-state index < -0.39 is 5.82 Å². The van der Waals surface area contributed by atoms with Gasteiger partial charge in [0.25, 0.3) is 0 Å². The Labute approximate surface area is 247 Å². The van der Waals surface area contributed by atoms with Crippen LogP contribution in [0.5, 0.6) is 11.5 Å². The number of methoxy groups -OCH3 is 1. The van der Waals surface area contributed by atoms with E-state index in [1.54, 1.807) is 25.4 Å². The molecule has 1 aliphatic heterocycles. The number of fused-ring (bicyclic) bond motifs is 1. The second-order valence-corrected chi connectivity index (χ2v) is 11.3. The SMILES string of the molecule is COc1cc2c(Nc3ncc(CC(=O)Nc4cccc(F)c4)s3)ncnc2cc1OCCCN1CCC(CCO)CC1. The number of carbonyl (C=O) groups excluding carboxylic acids is 1. The molecule has 222 valence electrons. The number of likely N-dealkylation sites (tertiary alicyclic amines) is 1. The summed E-state index contributed by atoms with van der Waals surface area (Å²) in [7, 11) is 1.60. The molecule has 1 fully saturated rings. The van der Waals surface area contributed by atoms with Crippen molar-refractivity contribution in [2.75, 3.05) is 50.6 Å². The first-order valence-corrected chi connectivity index (χ1v) is 14.9. The van der Waals surface area contributed by atoms with Gasteiger partial charge in [0.1, 0.15) is 18.0 Å². The molecule has 1 saturated heterocycles. The van der Waals surface area contributed by atoms with Gasteiger partial charge in [-0.15, -0.1) is 11.3 Å². The van der Waals surface area contributed by atoms with Crippen molar-refractivity contribution in [2.45, 2.75) is 32.1 Å². The normalized spacial score (nSPS) is 14.2. The van der Waals surface area contributed by atoms with Crippen molar-refractivity contribution in [2.24, 2.45) is 5.92 Å². The summed E-state index contributed by atoms with van der Waals surface area (Å²) in [6.07, 6.45) is 7.30. The first-order valence-electron chi connectivity index (χ1n) is 14.1. The van der Waals surface area contributed by atoms with Gasteiger partial charge in [-0.05, 0) is 69.0 Å². The van der Waals surface area contributed by atoms with E-state index in [0.717, 1.165) is 55.6 Å². The van der Waals surface area contributed by atoms with Gasteiger partial charge < -0.3 is 30.1 Å². The Morgan fingerprint density at radius 2 is 2.02 bits per heavy atom. The molecular weight excluding hydrogens is 559 g/mol. The van der Waals surface area contributed by atoms with Gasteiger partial charge in [-0.25, -0.2) is 19.3 Å². The summed E-state index contributed by atoms with van der Waals surface area (Å²) in [5.74, 6) is 1.73. The van der Waals surface area contributed by atoms with Crippen LogP contribution in [0, 0.1) is 11.7 Å². The number of ether oxygens (including phenoxy) is 2. The number of benzene rings is 2. The van der Waals surface area contributed by atoms with Crippen molar-refractivity contribution >= 4 is 44.8 Å². The predicted octanol–water partition coefficient (Wildman–Crippen LogP) is 5.02. The lowest BCUT2D eigenvalue weighted by molar-refractivity contribution is -0.115. The molecule has 12 heteroatoms. The Morgan fingerprint density at radius 1 is 1.17 bits per heavy atom. The number of thiazole rings is 1. The first-order chi connectivity index (χ1) is 20.5. The maximum absolute atomic E-state index is 13.4. The molecule has 2 aromatic heterocycles. The van der Waals surface area contributed by atoms with Crippen LogP contribution in [0.4, 0.5) is 21.0 Å². The van der Waals surface area contributed by atoms with E-state index >= 15 is 0 Å². The number of hydrogen-bond acceptors (Lipinski definition) is 10. The van der Waals surface area contributed by atoms with E-state index in [9.17, 15) is 9.18 Å². The summed E-state index contributed by atoms with van der Waals surface area (Å²) in [6, 6.07) is 9.48. The highest BCUT2D eigenvalue weighted by Crippen LogP contribution is 2.35. The topological polar surface area (TPSA) is 122 Å². The number of amides is 1. The number of piperidine rings is 1. The Balaban J connectivity index is 1.17. The molecule has 3 N–H and O–H groups in total. The smallest absolute Gasteiger partial charge is 0.229 e. The highest BCUT2D eigenvalue weighted by molar-refractivity contribution is 7.15. The number of aliphatic hydroxyl groups is 1. The van der Waals surface area contributed by atoms with Crippen LogP contribution in [0.3, 0.4) is 0 Å². The molecule has 1 aliphatic rings. The number of carbonyl (C=O) groups is 1. The van der Waals surface area contributed by atoms with Gasteiger partial charge in [-0.1, -0.05) is 6.07 Å². The molecule has 3 heterocycles. The number of nitrogens with zero attached hydrogens (tertiary/aromatic N) is 4. The van der Waals surface area contributed by atoms with Crippen LogP contribution >= 0.6 is 11.3 Å². The van der Waals surface area contributed by atoms with Gasteiger partial charge in [-0.3, -0.25) is 4.79 Å². The van der Waals surface area contributed by atoms with Gasteiger partial charge in [-0.2, -0.15) is 0 Å². The summed E-state index contributed by atoms with van der Waals surface area (Å²) < 4.78 is 25.1. The van der Waals surface area contributed by atoms with Crippen molar-refractivity contribution in [3.05, 3.63) is 59.6 Å². The van der Waals surface area contributed by atoms with Crippen molar-refractivity contribution in [1.29, 1.82) is 0 Å². The molecule has 0 unspecified atom stereocenters. The average molecular weight is 595 g/mol. The number of aliphatic hydroxyl groups excluding tert-OH is 1. The summed E-state index contributed by atoms with van der Waals surface area (Å²) in [5.41, 5.74) is 1.10. The van der Waals surface area contributed by atoms with Crippen LogP contribution in [-0.2, 0) is 11.2 Å². The van der Waals surface area contributed by atoms with Crippen LogP contribution in [0.1, 0.15) is 30.6 Å². The van der Waals surface area contributed by atoms with Gasteiger partial charge in [0.2, 0.25) is 5.91 Å². The summed E-state index contributed by atoms with van der Waals surface area (Å²) in [4.78, 5) is 28.8. The van der Waals surface area contributed by atoms with E-state index in [-0.39, 0.29) is 18.9 Å². The molecule has 4 aromatic rings. The summed E-state index contributed by atoms with van der Waals surface area (Å²) >= 11 is 1.33. The third-order valence-electron chi connectivity index (χ3n) is 7.26. The van der Waals surface area contributed by atoms with E-state index in [1.807, 2.05) is 12.1 Å². The second-order valence-electron chi connectivity index (χ2n) is 10.2. The zero-order valence-corrected chi connectivity index (χ0v) is 24.3. The number of halogens is 1. The number of nitrogens with one attached hydrogen (secondary N) is 2. The quantitative estimate of drug-likeness (QED) is 0.183. The molecule has 0 aliphatic carbocycles. The van der Waals surface area contributed by atoms with Crippen molar-refractivity contribution in [3.8, 4) is 11.5 Å². The van der Waals surface area contributed by atoms with Crippen LogP contribution in [0.15, 0.2) is 48.9 Å². The zero-order valence-electron chi connectivity index (χ0n) is 23.5. The van der Waals surface area contributed by atoms with Crippen LogP contribution in [0.25, 0.3) is 10.9 Å². The Hall–Kier alpha value is -3.87. The zero-order chi connectivity index (χ0) is 29.3.